The highest BCUT2D eigenvalue weighted by atomic mass is 35.5. The topological polar surface area (TPSA) is 67.4 Å². The first kappa shape index (κ1) is 15.1. The quantitative estimate of drug-likeness (QED) is 0.833. The fourth-order valence-corrected chi connectivity index (χ4v) is 2.24. The lowest BCUT2D eigenvalue weighted by Gasteiger charge is -2.17. The summed E-state index contributed by atoms with van der Waals surface area (Å²) in [5, 5.41) is 0.536. The second-order valence-corrected chi connectivity index (χ2v) is 5.35. The van der Waals surface area contributed by atoms with Gasteiger partial charge in [0.15, 0.2) is 0 Å². The number of rotatable bonds is 2. The third-order valence-electron chi connectivity index (χ3n) is 3.32. The van der Waals surface area contributed by atoms with Gasteiger partial charge in [-0.2, -0.15) is 0 Å². The second-order valence-electron chi connectivity index (χ2n) is 4.91. The highest BCUT2D eigenvalue weighted by molar-refractivity contribution is 6.30. The molecule has 23 heavy (non-hydrogen) atoms. The molecule has 0 aromatic heterocycles. The van der Waals surface area contributed by atoms with Crippen LogP contribution in [0.1, 0.15) is 15.9 Å². The van der Waals surface area contributed by atoms with Crippen molar-refractivity contribution in [2.45, 2.75) is 0 Å². The molecule has 1 aliphatic heterocycles. The van der Waals surface area contributed by atoms with Gasteiger partial charge in [-0.3, -0.25) is 20.4 Å². The number of benzene rings is 2. The molecule has 6 heteroatoms. The van der Waals surface area contributed by atoms with Crippen LogP contribution in [-0.2, 0) is 4.79 Å². The molecule has 2 aromatic carbocycles. The first-order valence-corrected chi connectivity index (χ1v) is 7.30. The largest absolute Gasteiger partial charge is 0.488 e. The highest BCUT2D eigenvalue weighted by Gasteiger charge is 2.17. The van der Waals surface area contributed by atoms with Gasteiger partial charge in [-0.05, 0) is 36.4 Å². The van der Waals surface area contributed by atoms with Crippen LogP contribution in [0.25, 0.3) is 6.08 Å². The lowest BCUT2D eigenvalue weighted by Crippen LogP contribution is -2.43. The van der Waals surface area contributed by atoms with E-state index in [0.717, 1.165) is 11.3 Å². The Bertz CT molecular complexity index is 785. The van der Waals surface area contributed by atoms with Gasteiger partial charge >= 0.3 is 0 Å². The summed E-state index contributed by atoms with van der Waals surface area (Å²) in [6.07, 6.45) is 1.74. The number of hydrogen-bond donors (Lipinski definition) is 2. The van der Waals surface area contributed by atoms with E-state index in [4.69, 9.17) is 16.3 Å². The molecule has 0 atom stereocenters. The number of ether oxygens (including phenoxy) is 1. The predicted molar refractivity (Wildman–Crippen MR) is 87.0 cm³/mol. The molecule has 116 valence electrons. The number of hydrogen-bond acceptors (Lipinski definition) is 3. The van der Waals surface area contributed by atoms with Gasteiger partial charge in [-0.15, -0.1) is 0 Å². The minimum Gasteiger partial charge on any atom is -0.488 e. The summed E-state index contributed by atoms with van der Waals surface area (Å²) < 4.78 is 5.51. The van der Waals surface area contributed by atoms with E-state index in [-0.39, 0.29) is 6.61 Å². The van der Waals surface area contributed by atoms with Crippen LogP contribution in [0.4, 0.5) is 0 Å². The number of halogens is 1. The van der Waals surface area contributed by atoms with E-state index >= 15 is 0 Å². The third-order valence-corrected chi connectivity index (χ3v) is 3.57. The van der Waals surface area contributed by atoms with Crippen LogP contribution in [0.2, 0.25) is 5.02 Å². The molecule has 0 saturated heterocycles. The van der Waals surface area contributed by atoms with Gasteiger partial charge in [0.25, 0.3) is 11.8 Å². The number of amides is 2. The van der Waals surface area contributed by atoms with Crippen LogP contribution in [0.3, 0.4) is 0 Å². The summed E-state index contributed by atoms with van der Waals surface area (Å²) in [6.45, 7) is 0.152. The number of carbonyl (C=O) groups is 2. The first-order chi connectivity index (χ1) is 11.1. The molecular weight excluding hydrogens is 316 g/mol. The van der Waals surface area contributed by atoms with Gasteiger partial charge < -0.3 is 4.74 Å². The summed E-state index contributed by atoms with van der Waals surface area (Å²) in [6, 6.07) is 13.8. The molecule has 0 unspecified atom stereocenters. The van der Waals surface area contributed by atoms with Gasteiger partial charge in [-0.25, -0.2) is 0 Å². The molecule has 0 fully saturated rings. The van der Waals surface area contributed by atoms with Crippen LogP contribution >= 0.6 is 11.6 Å². The Balaban J connectivity index is 1.63. The van der Waals surface area contributed by atoms with Crippen molar-refractivity contribution in [1.29, 1.82) is 0 Å². The van der Waals surface area contributed by atoms with E-state index < -0.39 is 11.8 Å². The number of hydrazine groups is 1. The van der Waals surface area contributed by atoms with E-state index in [0.29, 0.717) is 16.2 Å². The molecule has 1 heterocycles. The number of carbonyl (C=O) groups excluding carboxylic acids is 2. The summed E-state index contributed by atoms with van der Waals surface area (Å²) in [5.74, 6) is -0.108. The maximum absolute atomic E-state index is 12.1. The molecular formula is C17H13ClN2O3. The molecule has 2 aromatic rings. The van der Waals surface area contributed by atoms with E-state index in [1.165, 1.54) is 0 Å². The molecule has 3 rings (SSSR count). The summed E-state index contributed by atoms with van der Waals surface area (Å²) >= 11 is 5.76. The van der Waals surface area contributed by atoms with E-state index in [1.54, 1.807) is 30.3 Å². The zero-order chi connectivity index (χ0) is 16.2. The maximum Gasteiger partial charge on any atom is 0.269 e. The minimum atomic E-state index is -0.423. The van der Waals surface area contributed by atoms with E-state index in [2.05, 4.69) is 10.9 Å². The van der Waals surface area contributed by atoms with Crippen LogP contribution in [0, 0.1) is 0 Å². The van der Waals surface area contributed by atoms with Gasteiger partial charge in [-0.1, -0.05) is 29.8 Å². The number of para-hydroxylation sites is 1. The molecule has 0 radical (unpaired) electrons. The molecule has 2 amide bonds. The van der Waals surface area contributed by atoms with Gasteiger partial charge in [0.1, 0.15) is 12.4 Å². The van der Waals surface area contributed by atoms with Gasteiger partial charge in [0.05, 0.1) is 5.57 Å². The molecule has 0 saturated carbocycles. The Morgan fingerprint density at radius 2 is 1.65 bits per heavy atom. The van der Waals surface area contributed by atoms with Crippen molar-refractivity contribution in [3.8, 4) is 5.75 Å². The van der Waals surface area contributed by atoms with Crippen molar-refractivity contribution in [1.82, 2.24) is 10.9 Å². The van der Waals surface area contributed by atoms with E-state index in [1.807, 2.05) is 24.3 Å². The van der Waals surface area contributed by atoms with Crippen molar-refractivity contribution < 1.29 is 14.3 Å². The SMILES string of the molecule is O=C(NNC(=O)c1ccc(Cl)cc1)C1=Cc2ccccc2OC1. The summed E-state index contributed by atoms with van der Waals surface area (Å²) in [4.78, 5) is 24.0. The number of nitrogens with one attached hydrogen (secondary N) is 2. The molecule has 1 aliphatic rings. The lowest BCUT2D eigenvalue weighted by atomic mass is 10.1. The van der Waals surface area contributed by atoms with Crippen molar-refractivity contribution in [2.24, 2.45) is 0 Å². The third kappa shape index (κ3) is 3.52. The monoisotopic (exact) mass is 328 g/mol. The Morgan fingerprint density at radius 1 is 0.957 bits per heavy atom. The van der Waals surface area contributed by atoms with Gasteiger partial charge in [0.2, 0.25) is 0 Å². The van der Waals surface area contributed by atoms with Crippen molar-refractivity contribution in [3.05, 3.63) is 70.3 Å². The zero-order valence-electron chi connectivity index (χ0n) is 12.0. The van der Waals surface area contributed by atoms with Gasteiger partial charge in [0, 0.05) is 16.1 Å². The fraction of sp³-hybridized carbons (Fsp3) is 0.0588. The smallest absolute Gasteiger partial charge is 0.269 e. The van der Waals surface area contributed by atoms with Crippen LogP contribution in [-0.4, -0.2) is 18.4 Å². The normalized spacial score (nSPS) is 12.5. The van der Waals surface area contributed by atoms with E-state index in [9.17, 15) is 9.59 Å². The average molecular weight is 329 g/mol. The summed E-state index contributed by atoms with van der Waals surface area (Å²) in [5.41, 5.74) is 6.39. The fourth-order valence-electron chi connectivity index (χ4n) is 2.11. The minimum absolute atomic E-state index is 0.152. The van der Waals surface area contributed by atoms with Crippen LogP contribution in [0.15, 0.2) is 54.1 Å². The van der Waals surface area contributed by atoms with Crippen molar-refractivity contribution in [2.75, 3.05) is 6.61 Å². The molecule has 0 bridgehead atoms. The molecule has 0 spiro atoms. The van der Waals surface area contributed by atoms with Crippen LogP contribution in [0.5, 0.6) is 5.75 Å². The predicted octanol–water partition coefficient (Wildman–Crippen LogP) is 2.58. The Labute approximate surface area is 137 Å². The highest BCUT2D eigenvalue weighted by Crippen LogP contribution is 2.25. The van der Waals surface area contributed by atoms with Crippen LogP contribution < -0.4 is 15.6 Å². The van der Waals surface area contributed by atoms with Crippen molar-refractivity contribution >= 4 is 29.5 Å². The molecule has 5 nitrogen and oxygen atoms in total. The van der Waals surface area contributed by atoms with Crippen molar-refractivity contribution in [3.63, 3.8) is 0 Å². The standard InChI is InChI=1S/C17H13ClN2O3/c18-14-7-5-11(6-8-14)16(21)19-20-17(22)13-9-12-3-1-2-4-15(12)23-10-13/h1-9H,10H2,(H,19,21)(H,20,22). The first-order valence-electron chi connectivity index (χ1n) is 6.92. The average Bonchev–Trinajstić information content (AvgIpc) is 2.59. The summed E-state index contributed by atoms with van der Waals surface area (Å²) in [7, 11) is 0. The maximum atomic E-state index is 12.1. The molecule has 2 N–H and O–H groups in total. The lowest BCUT2D eigenvalue weighted by molar-refractivity contribution is -0.118. The molecule has 0 aliphatic carbocycles. The second kappa shape index (κ2) is 6.54. The zero-order valence-corrected chi connectivity index (χ0v) is 12.8. The Kier molecular flexibility index (Phi) is 4.30. The Morgan fingerprint density at radius 3 is 2.43 bits per heavy atom. The Hall–Kier alpha value is -2.79. The number of fused-ring (bicyclic) bond motifs is 1.